The number of hydrogen-bond donors (Lipinski definition) is 1. The number of nitrogens with zero attached hydrogens (tertiary/aromatic N) is 3. The maximum absolute atomic E-state index is 12.5. The number of carboxylic acids is 1. The second-order valence-electron chi connectivity index (χ2n) is 6.39. The highest BCUT2D eigenvalue weighted by Gasteiger charge is 2.40. The molecular weight excluding hydrogens is 258 g/mol. The smallest absolute Gasteiger partial charge is 0.320 e. The van der Waals surface area contributed by atoms with Crippen LogP contribution in [0.2, 0.25) is 0 Å². The minimum atomic E-state index is -0.784. The van der Waals surface area contributed by atoms with Gasteiger partial charge < -0.3 is 14.9 Å². The molecule has 0 aromatic rings. The molecule has 112 valence electrons. The van der Waals surface area contributed by atoms with Crippen LogP contribution < -0.4 is 0 Å². The lowest BCUT2D eigenvalue weighted by Gasteiger charge is -2.39. The molecule has 6 nitrogen and oxygen atoms in total. The number of fused-ring (bicyclic) bond motifs is 1. The predicted molar refractivity (Wildman–Crippen MR) is 73.4 cm³/mol. The lowest BCUT2D eigenvalue weighted by atomic mass is 9.99. The lowest BCUT2D eigenvalue weighted by Crippen LogP contribution is -2.55. The van der Waals surface area contributed by atoms with Crippen LogP contribution in [0.4, 0.5) is 4.79 Å². The van der Waals surface area contributed by atoms with Gasteiger partial charge >= 0.3 is 12.0 Å². The van der Waals surface area contributed by atoms with Crippen LogP contribution in [0.25, 0.3) is 0 Å². The first-order chi connectivity index (χ1) is 9.56. The number of amides is 2. The monoisotopic (exact) mass is 281 g/mol. The zero-order valence-electron chi connectivity index (χ0n) is 12.0. The Kier molecular flexibility index (Phi) is 3.58. The van der Waals surface area contributed by atoms with Gasteiger partial charge in [0, 0.05) is 38.8 Å². The molecule has 1 N–H and O–H groups in total. The van der Waals surface area contributed by atoms with Gasteiger partial charge in [0.15, 0.2) is 0 Å². The molecule has 3 saturated heterocycles. The minimum Gasteiger partial charge on any atom is -0.481 e. The van der Waals surface area contributed by atoms with Crippen molar-refractivity contribution in [3.8, 4) is 0 Å². The summed E-state index contributed by atoms with van der Waals surface area (Å²) in [5.74, 6) is -1.15. The number of urea groups is 1. The fourth-order valence-electron chi connectivity index (χ4n) is 3.81. The van der Waals surface area contributed by atoms with Crippen molar-refractivity contribution in [2.45, 2.75) is 25.8 Å². The second kappa shape index (κ2) is 5.24. The summed E-state index contributed by atoms with van der Waals surface area (Å²) in [7, 11) is 0. The van der Waals surface area contributed by atoms with E-state index in [1.165, 1.54) is 12.8 Å². The molecule has 0 saturated carbocycles. The van der Waals surface area contributed by atoms with Crippen LogP contribution in [0.15, 0.2) is 0 Å². The highest BCUT2D eigenvalue weighted by molar-refractivity contribution is 5.78. The first-order valence-corrected chi connectivity index (χ1v) is 7.57. The van der Waals surface area contributed by atoms with Gasteiger partial charge in [-0.25, -0.2) is 4.79 Å². The first-order valence-electron chi connectivity index (χ1n) is 7.57. The van der Waals surface area contributed by atoms with Crippen molar-refractivity contribution in [1.82, 2.24) is 14.7 Å². The van der Waals surface area contributed by atoms with E-state index >= 15 is 0 Å². The minimum absolute atomic E-state index is 0.0344. The van der Waals surface area contributed by atoms with Crippen molar-refractivity contribution in [1.29, 1.82) is 0 Å². The SMILES string of the molecule is C[C@@H]1CN(C(=O)N2CCN3CCCC3C2)C[C@H]1C(=O)O. The van der Waals surface area contributed by atoms with Crippen molar-refractivity contribution in [3.05, 3.63) is 0 Å². The molecule has 20 heavy (non-hydrogen) atoms. The maximum Gasteiger partial charge on any atom is 0.320 e. The molecule has 3 aliphatic heterocycles. The summed E-state index contributed by atoms with van der Waals surface area (Å²) >= 11 is 0. The highest BCUT2D eigenvalue weighted by atomic mass is 16.4. The van der Waals surface area contributed by atoms with Crippen molar-refractivity contribution in [3.63, 3.8) is 0 Å². The largest absolute Gasteiger partial charge is 0.481 e. The molecule has 0 spiro atoms. The third kappa shape index (κ3) is 2.37. The number of aliphatic carboxylic acids is 1. The van der Waals surface area contributed by atoms with Gasteiger partial charge in [0.25, 0.3) is 0 Å². The number of likely N-dealkylation sites (tertiary alicyclic amines) is 1. The Morgan fingerprint density at radius 3 is 2.55 bits per heavy atom. The van der Waals surface area contributed by atoms with Crippen molar-refractivity contribution in [2.75, 3.05) is 39.3 Å². The summed E-state index contributed by atoms with van der Waals surface area (Å²) in [4.78, 5) is 29.8. The molecule has 0 aromatic heterocycles. The number of rotatable bonds is 1. The fraction of sp³-hybridized carbons (Fsp3) is 0.857. The molecule has 0 radical (unpaired) electrons. The molecule has 1 unspecified atom stereocenters. The predicted octanol–water partition coefficient (Wildman–Crippen LogP) is 0.539. The maximum atomic E-state index is 12.5. The second-order valence-corrected chi connectivity index (χ2v) is 6.39. The van der Waals surface area contributed by atoms with Gasteiger partial charge in [0.1, 0.15) is 0 Å². The van der Waals surface area contributed by atoms with Gasteiger partial charge in [0.05, 0.1) is 5.92 Å². The first kappa shape index (κ1) is 13.7. The zero-order chi connectivity index (χ0) is 14.3. The van der Waals surface area contributed by atoms with Crippen LogP contribution >= 0.6 is 0 Å². The molecule has 6 heteroatoms. The van der Waals surface area contributed by atoms with Crippen LogP contribution in [0.3, 0.4) is 0 Å². The van der Waals surface area contributed by atoms with Gasteiger partial charge in [-0.05, 0) is 25.3 Å². The van der Waals surface area contributed by atoms with E-state index in [9.17, 15) is 9.59 Å². The average molecular weight is 281 g/mol. The van der Waals surface area contributed by atoms with Gasteiger partial charge in [-0.2, -0.15) is 0 Å². The van der Waals surface area contributed by atoms with E-state index in [-0.39, 0.29) is 11.9 Å². The van der Waals surface area contributed by atoms with Gasteiger partial charge in [0.2, 0.25) is 0 Å². The molecule has 3 rings (SSSR count). The topological polar surface area (TPSA) is 64.1 Å². The standard InChI is InChI=1S/C14H23N3O3/c1-10-7-17(9-12(10)13(18)19)14(20)16-6-5-15-4-2-3-11(15)8-16/h10-12H,2-9H2,1H3,(H,18,19)/t10-,11?,12-/m1/s1. The molecule has 0 bridgehead atoms. The van der Waals surface area contributed by atoms with E-state index in [0.29, 0.717) is 19.1 Å². The molecule has 3 atom stereocenters. The van der Waals surface area contributed by atoms with Crippen molar-refractivity contribution < 1.29 is 14.7 Å². The number of carbonyl (C=O) groups is 2. The van der Waals surface area contributed by atoms with E-state index in [0.717, 1.165) is 26.2 Å². The number of carboxylic acid groups (broad SMARTS) is 1. The van der Waals surface area contributed by atoms with Crippen molar-refractivity contribution >= 4 is 12.0 Å². The molecular formula is C14H23N3O3. The number of piperazine rings is 1. The number of carbonyl (C=O) groups excluding carboxylic acids is 1. The molecule has 0 aliphatic carbocycles. The van der Waals surface area contributed by atoms with E-state index in [1.807, 2.05) is 11.8 Å². The number of hydrogen-bond acceptors (Lipinski definition) is 3. The summed E-state index contributed by atoms with van der Waals surface area (Å²) in [5.41, 5.74) is 0. The van der Waals surface area contributed by atoms with E-state index in [1.54, 1.807) is 4.90 Å². The van der Waals surface area contributed by atoms with Crippen LogP contribution in [-0.2, 0) is 4.79 Å². The normalized spacial score (nSPS) is 34.4. The van der Waals surface area contributed by atoms with Crippen molar-refractivity contribution in [2.24, 2.45) is 11.8 Å². The zero-order valence-corrected chi connectivity index (χ0v) is 12.0. The third-order valence-electron chi connectivity index (χ3n) is 5.06. The quantitative estimate of drug-likeness (QED) is 0.762. The van der Waals surface area contributed by atoms with Crippen LogP contribution in [0.1, 0.15) is 19.8 Å². The molecule has 2 amide bonds. The summed E-state index contributed by atoms with van der Waals surface area (Å²) in [5, 5.41) is 9.16. The summed E-state index contributed by atoms with van der Waals surface area (Å²) in [6.45, 7) is 6.55. The Balaban J connectivity index is 1.61. The Morgan fingerprint density at radius 2 is 1.85 bits per heavy atom. The van der Waals surface area contributed by atoms with Gasteiger partial charge in [-0.3, -0.25) is 9.69 Å². The molecule has 3 aliphatic rings. The highest BCUT2D eigenvalue weighted by Crippen LogP contribution is 2.26. The summed E-state index contributed by atoms with van der Waals surface area (Å²) < 4.78 is 0. The Labute approximate surface area is 119 Å². The van der Waals surface area contributed by atoms with Crippen LogP contribution in [0, 0.1) is 11.8 Å². The third-order valence-corrected chi connectivity index (χ3v) is 5.06. The van der Waals surface area contributed by atoms with E-state index < -0.39 is 11.9 Å². The average Bonchev–Trinajstić information content (AvgIpc) is 3.02. The Hall–Kier alpha value is -1.30. The Bertz CT molecular complexity index is 414. The fourth-order valence-corrected chi connectivity index (χ4v) is 3.81. The molecule has 0 aromatic carbocycles. The van der Waals surface area contributed by atoms with Crippen LogP contribution in [-0.4, -0.2) is 77.1 Å². The van der Waals surface area contributed by atoms with Crippen LogP contribution in [0.5, 0.6) is 0 Å². The Morgan fingerprint density at radius 1 is 1.05 bits per heavy atom. The lowest BCUT2D eigenvalue weighted by molar-refractivity contribution is -0.142. The molecule has 3 heterocycles. The van der Waals surface area contributed by atoms with E-state index in [2.05, 4.69) is 4.90 Å². The van der Waals surface area contributed by atoms with E-state index in [4.69, 9.17) is 5.11 Å². The van der Waals surface area contributed by atoms with Gasteiger partial charge in [-0.1, -0.05) is 6.92 Å². The summed E-state index contributed by atoms with van der Waals surface area (Å²) in [6.07, 6.45) is 2.41. The van der Waals surface area contributed by atoms with Gasteiger partial charge in [-0.15, -0.1) is 0 Å². The molecule has 3 fully saturated rings. The summed E-state index contributed by atoms with van der Waals surface area (Å²) in [6, 6.07) is 0.551.